The minimum absolute atomic E-state index is 0.249. The molecule has 0 saturated heterocycles. The van der Waals surface area contributed by atoms with Gasteiger partial charge in [-0.25, -0.2) is 0 Å². The third kappa shape index (κ3) is 1.50. The summed E-state index contributed by atoms with van der Waals surface area (Å²) in [6, 6.07) is 9.00. The molecule has 1 unspecified atom stereocenters. The van der Waals surface area contributed by atoms with Crippen LogP contribution in [0.15, 0.2) is 24.3 Å². The van der Waals surface area contributed by atoms with E-state index < -0.39 is 0 Å². The van der Waals surface area contributed by atoms with Crippen LogP contribution in [0.2, 0.25) is 0 Å². The van der Waals surface area contributed by atoms with Crippen LogP contribution in [0.1, 0.15) is 38.3 Å². The number of benzene rings is 1. The average molecular weight is 203 g/mol. The fraction of sp³-hybridized carbons (Fsp3) is 0.571. The summed E-state index contributed by atoms with van der Waals surface area (Å²) in [5.74, 6) is 0. The topological polar surface area (TPSA) is 26.0 Å². The maximum atomic E-state index is 5.95. The Morgan fingerprint density at radius 3 is 2.07 bits per heavy atom. The second-order valence-electron chi connectivity index (χ2n) is 5.40. The molecular formula is C14H21N. The monoisotopic (exact) mass is 203 g/mol. The van der Waals surface area contributed by atoms with Gasteiger partial charge in [-0.2, -0.15) is 0 Å². The number of nitrogens with two attached hydrogens (primary N) is 1. The predicted octanol–water partition coefficient (Wildman–Crippen LogP) is 2.88. The highest BCUT2D eigenvalue weighted by molar-refractivity contribution is 5.39. The quantitative estimate of drug-likeness (QED) is 0.803. The van der Waals surface area contributed by atoms with Gasteiger partial charge in [0.1, 0.15) is 0 Å². The lowest BCUT2D eigenvalue weighted by atomic mass is 9.87. The van der Waals surface area contributed by atoms with Crippen molar-refractivity contribution in [2.75, 3.05) is 6.54 Å². The van der Waals surface area contributed by atoms with Gasteiger partial charge < -0.3 is 5.73 Å². The zero-order chi connectivity index (χ0) is 11.1. The fourth-order valence-electron chi connectivity index (χ4n) is 2.73. The third-order valence-electron chi connectivity index (χ3n) is 4.18. The molecule has 1 nitrogen and oxygen atoms in total. The molecule has 0 heterocycles. The van der Waals surface area contributed by atoms with Crippen molar-refractivity contribution in [3.05, 3.63) is 35.4 Å². The molecule has 1 atom stereocenters. The zero-order valence-corrected chi connectivity index (χ0v) is 10.0. The largest absolute Gasteiger partial charge is 0.330 e. The molecule has 1 aliphatic rings. The van der Waals surface area contributed by atoms with Crippen molar-refractivity contribution in [1.29, 1.82) is 0 Å². The van der Waals surface area contributed by atoms with Gasteiger partial charge in [0, 0.05) is 12.0 Å². The van der Waals surface area contributed by atoms with Crippen molar-refractivity contribution in [2.45, 2.75) is 39.0 Å². The van der Waals surface area contributed by atoms with Crippen LogP contribution in [0.4, 0.5) is 0 Å². The minimum Gasteiger partial charge on any atom is -0.330 e. The maximum Gasteiger partial charge on any atom is 0.0132 e. The molecule has 15 heavy (non-hydrogen) atoms. The van der Waals surface area contributed by atoms with Gasteiger partial charge >= 0.3 is 0 Å². The molecule has 1 aliphatic carbocycles. The number of hydrogen-bond donors (Lipinski definition) is 1. The Kier molecular flexibility index (Phi) is 2.38. The summed E-state index contributed by atoms with van der Waals surface area (Å²) >= 11 is 0. The lowest BCUT2D eigenvalue weighted by Crippen LogP contribution is -2.25. The summed E-state index contributed by atoms with van der Waals surface area (Å²) in [5, 5.41) is 0. The smallest absolute Gasteiger partial charge is 0.0132 e. The predicted molar refractivity (Wildman–Crippen MR) is 65.0 cm³/mol. The first-order valence-electron chi connectivity index (χ1n) is 5.85. The molecule has 0 spiro atoms. The Balaban J connectivity index is 2.30. The van der Waals surface area contributed by atoms with E-state index in [2.05, 4.69) is 45.0 Å². The molecule has 1 aromatic carbocycles. The van der Waals surface area contributed by atoms with E-state index >= 15 is 0 Å². The van der Waals surface area contributed by atoms with E-state index in [-0.39, 0.29) is 5.41 Å². The highest BCUT2D eigenvalue weighted by Gasteiger charge is 2.60. The Labute approximate surface area is 92.7 Å². The van der Waals surface area contributed by atoms with E-state index in [4.69, 9.17) is 5.73 Å². The second-order valence-corrected chi connectivity index (χ2v) is 5.40. The van der Waals surface area contributed by atoms with Crippen LogP contribution in [0.5, 0.6) is 0 Å². The number of rotatable bonds is 3. The molecular weight excluding hydrogens is 182 g/mol. The summed E-state index contributed by atoms with van der Waals surface area (Å²) in [6.45, 7) is 7.58. The Hall–Kier alpha value is -0.820. The molecule has 0 bridgehead atoms. The molecule has 1 aromatic rings. The SMILES string of the molecule is CCc1ccc(C2(CN)CC2(C)C)cc1. The molecule has 1 fully saturated rings. The summed E-state index contributed by atoms with van der Waals surface area (Å²) in [7, 11) is 0. The fourth-order valence-corrected chi connectivity index (χ4v) is 2.73. The molecule has 2 N–H and O–H groups in total. The lowest BCUT2D eigenvalue weighted by molar-refractivity contribution is 0.503. The van der Waals surface area contributed by atoms with Gasteiger partial charge in [0.15, 0.2) is 0 Å². The van der Waals surface area contributed by atoms with E-state index in [0.29, 0.717) is 5.41 Å². The van der Waals surface area contributed by atoms with Gasteiger partial charge in [0.05, 0.1) is 0 Å². The van der Waals surface area contributed by atoms with Crippen LogP contribution < -0.4 is 5.73 Å². The van der Waals surface area contributed by atoms with Gasteiger partial charge in [-0.05, 0) is 29.4 Å². The van der Waals surface area contributed by atoms with Crippen LogP contribution in [0, 0.1) is 5.41 Å². The van der Waals surface area contributed by atoms with Gasteiger partial charge in [-0.15, -0.1) is 0 Å². The number of hydrogen-bond acceptors (Lipinski definition) is 1. The molecule has 0 aromatic heterocycles. The molecule has 82 valence electrons. The average Bonchev–Trinajstić information content (AvgIpc) is 2.82. The lowest BCUT2D eigenvalue weighted by Gasteiger charge is -2.19. The molecule has 1 heteroatoms. The maximum absolute atomic E-state index is 5.95. The van der Waals surface area contributed by atoms with Crippen molar-refractivity contribution in [1.82, 2.24) is 0 Å². The van der Waals surface area contributed by atoms with Crippen molar-refractivity contribution in [3.63, 3.8) is 0 Å². The van der Waals surface area contributed by atoms with E-state index in [1.807, 2.05) is 0 Å². The highest BCUT2D eigenvalue weighted by Crippen LogP contribution is 2.63. The van der Waals surface area contributed by atoms with Gasteiger partial charge in [-0.3, -0.25) is 0 Å². The van der Waals surface area contributed by atoms with E-state index in [1.54, 1.807) is 0 Å². The standard InChI is InChI=1S/C14H21N/c1-4-11-5-7-12(8-6-11)14(10-15)9-13(14,2)3/h5-8H,4,9-10,15H2,1-3H3. The van der Waals surface area contributed by atoms with Gasteiger partial charge in [0.25, 0.3) is 0 Å². The van der Waals surface area contributed by atoms with Crippen molar-refractivity contribution in [3.8, 4) is 0 Å². The van der Waals surface area contributed by atoms with Gasteiger partial charge in [0.2, 0.25) is 0 Å². The molecule has 0 radical (unpaired) electrons. The normalized spacial score (nSPS) is 27.7. The van der Waals surface area contributed by atoms with E-state index in [1.165, 1.54) is 17.5 Å². The van der Waals surface area contributed by atoms with Crippen LogP contribution >= 0.6 is 0 Å². The summed E-state index contributed by atoms with van der Waals surface area (Å²) < 4.78 is 0. The van der Waals surface area contributed by atoms with Crippen molar-refractivity contribution >= 4 is 0 Å². The van der Waals surface area contributed by atoms with Crippen LogP contribution in [0.25, 0.3) is 0 Å². The molecule has 0 aliphatic heterocycles. The summed E-state index contributed by atoms with van der Waals surface area (Å²) in [6.07, 6.45) is 2.33. The summed E-state index contributed by atoms with van der Waals surface area (Å²) in [4.78, 5) is 0. The Morgan fingerprint density at radius 1 is 1.20 bits per heavy atom. The highest BCUT2D eigenvalue weighted by atomic mass is 14.7. The minimum atomic E-state index is 0.249. The first kappa shape index (κ1) is 10.7. The molecule has 2 rings (SSSR count). The van der Waals surface area contributed by atoms with Gasteiger partial charge in [-0.1, -0.05) is 45.0 Å². The van der Waals surface area contributed by atoms with Crippen LogP contribution in [0.3, 0.4) is 0 Å². The third-order valence-corrected chi connectivity index (χ3v) is 4.18. The van der Waals surface area contributed by atoms with E-state index in [9.17, 15) is 0 Å². The Morgan fingerprint density at radius 2 is 1.73 bits per heavy atom. The van der Waals surface area contributed by atoms with Crippen molar-refractivity contribution in [2.24, 2.45) is 11.1 Å². The number of aryl methyl sites for hydroxylation is 1. The first-order chi connectivity index (χ1) is 7.05. The molecule has 1 saturated carbocycles. The van der Waals surface area contributed by atoms with Crippen molar-refractivity contribution < 1.29 is 0 Å². The summed E-state index contributed by atoms with van der Waals surface area (Å²) in [5.41, 5.74) is 9.41. The van der Waals surface area contributed by atoms with Crippen LogP contribution in [-0.4, -0.2) is 6.54 Å². The second kappa shape index (κ2) is 3.34. The Bertz CT molecular complexity index is 350. The van der Waals surface area contributed by atoms with Crippen LogP contribution in [-0.2, 0) is 11.8 Å². The molecule has 0 amide bonds. The first-order valence-corrected chi connectivity index (χ1v) is 5.85. The zero-order valence-electron chi connectivity index (χ0n) is 10.0. The van der Waals surface area contributed by atoms with E-state index in [0.717, 1.165) is 13.0 Å².